The van der Waals surface area contributed by atoms with E-state index in [4.69, 9.17) is 9.47 Å². The Bertz CT molecular complexity index is 675. The highest BCUT2D eigenvalue weighted by Gasteiger charge is 2.20. The summed E-state index contributed by atoms with van der Waals surface area (Å²) in [5.41, 5.74) is 0.683. The molecule has 0 aliphatic heterocycles. The van der Waals surface area contributed by atoms with Gasteiger partial charge >= 0.3 is 11.9 Å². The van der Waals surface area contributed by atoms with Crippen LogP contribution in [0.3, 0.4) is 0 Å². The van der Waals surface area contributed by atoms with E-state index >= 15 is 0 Å². The Morgan fingerprint density at radius 3 is 2.48 bits per heavy atom. The Labute approximate surface area is 177 Å². The first-order valence-electron chi connectivity index (χ1n) is 10.2. The predicted octanol–water partition coefficient (Wildman–Crippen LogP) is 3.37. The zero-order chi connectivity index (χ0) is 21.6. The van der Waals surface area contributed by atoms with Gasteiger partial charge in [-0.2, -0.15) is 0 Å². The van der Waals surface area contributed by atoms with E-state index in [1.165, 1.54) is 11.3 Å². The minimum atomic E-state index is -0.327. The van der Waals surface area contributed by atoms with Gasteiger partial charge < -0.3 is 20.1 Å². The molecule has 1 atom stereocenters. The quantitative estimate of drug-likeness (QED) is 0.229. The lowest BCUT2D eigenvalue weighted by Crippen LogP contribution is -2.39. The first kappa shape index (κ1) is 24.9. The number of rotatable bonds is 12. The number of aryl methyl sites for hydroxylation is 1. The van der Waals surface area contributed by atoms with Gasteiger partial charge in [-0.3, -0.25) is 9.79 Å². The third-order valence-electron chi connectivity index (χ3n) is 4.13. The second kappa shape index (κ2) is 13.9. The number of carbonyl (C=O) groups is 2. The summed E-state index contributed by atoms with van der Waals surface area (Å²) in [6, 6.07) is -0.0855. The van der Waals surface area contributed by atoms with Gasteiger partial charge in [0.15, 0.2) is 5.96 Å². The van der Waals surface area contributed by atoms with Crippen LogP contribution in [-0.2, 0) is 14.3 Å². The van der Waals surface area contributed by atoms with E-state index in [1.54, 1.807) is 14.0 Å². The fourth-order valence-corrected chi connectivity index (χ4v) is 3.60. The Morgan fingerprint density at radius 2 is 1.83 bits per heavy atom. The van der Waals surface area contributed by atoms with E-state index in [2.05, 4.69) is 20.6 Å². The van der Waals surface area contributed by atoms with Crippen LogP contribution in [0.15, 0.2) is 4.99 Å². The lowest BCUT2D eigenvalue weighted by molar-refractivity contribution is -0.143. The molecule has 0 aromatic carbocycles. The molecule has 0 aliphatic rings. The van der Waals surface area contributed by atoms with Crippen molar-refractivity contribution >= 4 is 29.2 Å². The standard InChI is InChI=1S/C20H34N4O4S/c1-6-27-16(25)12-10-8-9-11-13-22-20(21-5)24-15(4)18-23-14(3)17(29-18)19(26)28-7-2/h15H,6-13H2,1-5H3,(H2,21,22,24). The molecular formula is C20H34N4O4S. The van der Waals surface area contributed by atoms with E-state index in [9.17, 15) is 9.59 Å². The maximum absolute atomic E-state index is 12.0. The number of nitrogens with one attached hydrogen (secondary N) is 2. The van der Waals surface area contributed by atoms with Crippen LogP contribution < -0.4 is 10.6 Å². The van der Waals surface area contributed by atoms with Crippen molar-refractivity contribution in [3.63, 3.8) is 0 Å². The highest BCUT2D eigenvalue weighted by molar-refractivity contribution is 7.13. The second-order valence-corrected chi connectivity index (χ2v) is 7.55. The van der Waals surface area contributed by atoms with E-state index in [-0.39, 0.29) is 18.0 Å². The minimum absolute atomic E-state index is 0.0855. The van der Waals surface area contributed by atoms with Crippen molar-refractivity contribution in [1.29, 1.82) is 0 Å². The van der Waals surface area contributed by atoms with Gasteiger partial charge in [0, 0.05) is 20.0 Å². The normalized spacial score (nSPS) is 12.4. The Hall–Kier alpha value is -2.16. The predicted molar refractivity (Wildman–Crippen MR) is 115 cm³/mol. The van der Waals surface area contributed by atoms with Crippen molar-refractivity contribution < 1.29 is 19.1 Å². The Morgan fingerprint density at radius 1 is 1.14 bits per heavy atom. The highest BCUT2D eigenvalue weighted by atomic mass is 32.1. The number of unbranched alkanes of at least 4 members (excludes halogenated alkanes) is 3. The monoisotopic (exact) mass is 426 g/mol. The molecule has 1 aromatic rings. The summed E-state index contributed by atoms with van der Waals surface area (Å²) in [4.78, 5) is 32.5. The molecule has 2 N–H and O–H groups in total. The average molecular weight is 427 g/mol. The maximum atomic E-state index is 12.0. The number of nitrogens with zero attached hydrogens (tertiary/aromatic N) is 2. The summed E-state index contributed by atoms with van der Waals surface area (Å²) in [6.45, 7) is 8.98. The molecule has 0 spiro atoms. The number of thiazole rings is 1. The number of esters is 2. The summed E-state index contributed by atoms with van der Waals surface area (Å²) in [5, 5.41) is 7.40. The average Bonchev–Trinajstić information content (AvgIpc) is 3.08. The highest BCUT2D eigenvalue weighted by Crippen LogP contribution is 2.24. The van der Waals surface area contributed by atoms with E-state index in [0.717, 1.165) is 37.2 Å². The van der Waals surface area contributed by atoms with Gasteiger partial charge in [0.1, 0.15) is 9.88 Å². The molecule has 0 radical (unpaired) electrons. The van der Waals surface area contributed by atoms with Gasteiger partial charge in [-0.1, -0.05) is 12.8 Å². The molecule has 0 saturated heterocycles. The number of aromatic nitrogens is 1. The largest absolute Gasteiger partial charge is 0.466 e. The smallest absolute Gasteiger partial charge is 0.350 e. The Kier molecular flexibility index (Phi) is 11.9. The van der Waals surface area contributed by atoms with Crippen molar-refractivity contribution in [3.8, 4) is 0 Å². The molecule has 0 amide bonds. The maximum Gasteiger partial charge on any atom is 0.350 e. The van der Waals surface area contributed by atoms with Crippen LogP contribution in [-0.4, -0.2) is 49.7 Å². The lowest BCUT2D eigenvalue weighted by Gasteiger charge is -2.16. The first-order valence-corrected chi connectivity index (χ1v) is 11.0. The molecule has 1 unspecified atom stereocenters. The van der Waals surface area contributed by atoms with Crippen LogP contribution in [0.1, 0.15) is 79.3 Å². The zero-order valence-corrected chi connectivity index (χ0v) is 19.0. The van der Waals surface area contributed by atoms with E-state index in [1.807, 2.05) is 20.8 Å². The van der Waals surface area contributed by atoms with Crippen LogP contribution in [0.25, 0.3) is 0 Å². The topological polar surface area (TPSA) is 102 Å². The van der Waals surface area contributed by atoms with Gasteiger partial charge in [0.2, 0.25) is 0 Å². The number of ether oxygens (including phenoxy) is 2. The van der Waals surface area contributed by atoms with Crippen LogP contribution in [0.5, 0.6) is 0 Å². The van der Waals surface area contributed by atoms with Gasteiger partial charge in [-0.25, -0.2) is 9.78 Å². The molecule has 164 valence electrons. The number of aliphatic imine (C=N–C) groups is 1. The summed E-state index contributed by atoms with van der Waals surface area (Å²) in [5.74, 6) is 0.244. The molecule has 1 heterocycles. The molecule has 29 heavy (non-hydrogen) atoms. The van der Waals surface area contributed by atoms with E-state index in [0.29, 0.717) is 36.2 Å². The number of hydrogen-bond donors (Lipinski definition) is 2. The summed E-state index contributed by atoms with van der Waals surface area (Å²) in [7, 11) is 1.72. The first-order chi connectivity index (χ1) is 13.9. The SMILES string of the molecule is CCOC(=O)CCCCCCNC(=NC)NC(C)c1nc(C)c(C(=O)OCC)s1. The van der Waals surface area contributed by atoms with Crippen LogP contribution >= 0.6 is 11.3 Å². The molecular weight excluding hydrogens is 392 g/mol. The molecule has 1 aromatic heterocycles. The number of carbonyl (C=O) groups excluding carboxylic acids is 2. The third-order valence-corrected chi connectivity index (χ3v) is 5.45. The van der Waals surface area contributed by atoms with Crippen LogP contribution in [0.2, 0.25) is 0 Å². The third kappa shape index (κ3) is 9.25. The van der Waals surface area contributed by atoms with Gasteiger partial charge in [0.25, 0.3) is 0 Å². The Balaban J connectivity index is 2.35. The molecule has 9 heteroatoms. The molecule has 8 nitrogen and oxygen atoms in total. The lowest BCUT2D eigenvalue weighted by atomic mass is 10.1. The van der Waals surface area contributed by atoms with Crippen molar-refractivity contribution in [3.05, 3.63) is 15.6 Å². The molecule has 0 aliphatic carbocycles. The van der Waals surface area contributed by atoms with Crippen LogP contribution in [0.4, 0.5) is 0 Å². The fraction of sp³-hybridized carbons (Fsp3) is 0.700. The van der Waals surface area contributed by atoms with Gasteiger partial charge in [-0.05, 0) is 40.5 Å². The summed E-state index contributed by atoms with van der Waals surface area (Å²) in [6.07, 6.45) is 4.37. The van der Waals surface area contributed by atoms with Gasteiger partial charge in [-0.15, -0.1) is 11.3 Å². The number of guanidine groups is 1. The summed E-state index contributed by atoms with van der Waals surface area (Å²) >= 11 is 1.34. The van der Waals surface area contributed by atoms with Crippen LogP contribution in [0, 0.1) is 6.92 Å². The minimum Gasteiger partial charge on any atom is -0.466 e. The summed E-state index contributed by atoms with van der Waals surface area (Å²) < 4.78 is 9.99. The van der Waals surface area contributed by atoms with Gasteiger partial charge in [0.05, 0.1) is 24.9 Å². The molecule has 0 saturated carbocycles. The molecule has 0 bridgehead atoms. The fourth-order valence-electron chi connectivity index (χ4n) is 2.64. The van der Waals surface area contributed by atoms with Crippen molar-refractivity contribution in [2.75, 3.05) is 26.8 Å². The zero-order valence-electron chi connectivity index (χ0n) is 18.2. The number of hydrogen-bond acceptors (Lipinski definition) is 7. The van der Waals surface area contributed by atoms with Crippen molar-refractivity contribution in [1.82, 2.24) is 15.6 Å². The molecule has 1 rings (SSSR count). The van der Waals surface area contributed by atoms with Crippen molar-refractivity contribution in [2.45, 2.75) is 65.8 Å². The molecule has 0 fully saturated rings. The van der Waals surface area contributed by atoms with E-state index < -0.39 is 0 Å². The second-order valence-electron chi connectivity index (χ2n) is 6.52. The van der Waals surface area contributed by atoms with Crippen molar-refractivity contribution in [2.24, 2.45) is 4.99 Å².